The standard InChI is InChI=1S/C19H26N2O2/c1-13-8-7-9-16(14(13)2)15(3)17-20-10-11-21(17)12-23-18(22)19(4,5)6/h7-11,15H,12H2,1-6H3/t15-/m1/s1. The highest BCUT2D eigenvalue weighted by Gasteiger charge is 2.24. The highest BCUT2D eigenvalue weighted by Crippen LogP contribution is 2.27. The van der Waals surface area contributed by atoms with Gasteiger partial charge in [-0.1, -0.05) is 25.1 Å². The average Bonchev–Trinajstić information content (AvgIpc) is 2.94. The average molecular weight is 314 g/mol. The molecule has 124 valence electrons. The van der Waals surface area contributed by atoms with Gasteiger partial charge in [-0.2, -0.15) is 0 Å². The molecule has 1 heterocycles. The lowest BCUT2D eigenvalue weighted by molar-refractivity contribution is -0.157. The summed E-state index contributed by atoms with van der Waals surface area (Å²) in [5.41, 5.74) is 3.30. The number of aryl methyl sites for hydroxylation is 1. The largest absolute Gasteiger partial charge is 0.443 e. The molecule has 0 spiro atoms. The van der Waals surface area contributed by atoms with Gasteiger partial charge in [0.1, 0.15) is 5.82 Å². The van der Waals surface area contributed by atoms with Crippen LogP contribution < -0.4 is 0 Å². The number of hydrogen-bond acceptors (Lipinski definition) is 3. The van der Waals surface area contributed by atoms with Gasteiger partial charge in [-0.05, 0) is 51.3 Å². The van der Waals surface area contributed by atoms with Crippen molar-refractivity contribution in [1.29, 1.82) is 0 Å². The Balaban J connectivity index is 2.20. The predicted molar refractivity (Wildman–Crippen MR) is 91.2 cm³/mol. The Morgan fingerprint density at radius 3 is 2.65 bits per heavy atom. The van der Waals surface area contributed by atoms with Crippen molar-refractivity contribution in [3.63, 3.8) is 0 Å². The Labute approximate surface area is 138 Å². The smallest absolute Gasteiger partial charge is 0.312 e. The number of hydrogen-bond donors (Lipinski definition) is 0. The lowest BCUT2D eigenvalue weighted by Crippen LogP contribution is -2.24. The number of ether oxygens (including phenoxy) is 1. The SMILES string of the molecule is Cc1cccc([C@@H](C)c2nccn2COC(=O)C(C)(C)C)c1C. The van der Waals surface area contributed by atoms with Crippen molar-refractivity contribution in [1.82, 2.24) is 9.55 Å². The summed E-state index contributed by atoms with van der Waals surface area (Å²) in [6.45, 7) is 12.1. The van der Waals surface area contributed by atoms with Crippen LogP contribution in [0.15, 0.2) is 30.6 Å². The summed E-state index contributed by atoms with van der Waals surface area (Å²) in [6.07, 6.45) is 3.61. The number of imidazole rings is 1. The molecule has 4 nitrogen and oxygen atoms in total. The predicted octanol–water partition coefficient (Wildman–Crippen LogP) is 4.20. The molecule has 0 amide bonds. The number of benzene rings is 1. The van der Waals surface area contributed by atoms with Crippen LogP contribution in [0.2, 0.25) is 0 Å². The van der Waals surface area contributed by atoms with Crippen LogP contribution in [0, 0.1) is 19.3 Å². The third kappa shape index (κ3) is 3.81. The van der Waals surface area contributed by atoms with Gasteiger partial charge in [0, 0.05) is 18.3 Å². The minimum Gasteiger partial charge on any atom is -0.443 e. The number of aromatic nitrogens is 2. The van der Waals surface area contributed by atoms with Crippen molar-refractivity contribution >= 4 is 5.97 Å². The van der Waals surface area contributed by atoms with Crippen LogP contribution in [0.25, 0.3) is 0 Å². The molecule has 0 N–H and O–H groups in total. The zero-order valence-electron chi connectivity index (χ0n) is 14.9. The van der Waals surface area contributed by atoms with Gasteiger partial charge in [0.05, 0.1) is 5.41 Å². The minimum atomic E-state index is -0.501. The topological polar surface area (TPSA) is 44.1 Å². The molecule has 0 bridgehead atoms. The van der Waals surface area contributed by atoms with Crippen LogP contribution in [0.4, 0.5) is 0 Å². The summed E-state index contributed by atoms with van der Waals surface area (Å²) >= 11 is 0. The minimum absolute atomic E-state index is 0.137. The number of esters is 1. The molecule has 0 aliphatic heterocycles. The maximum Gasteiger partial charge on any atom is 0.312 e. The first-order chi connectivity index (χ1) is 10.7. The Morgan fingerprint density at radius 2 is 2.00 bits per heavy atom. The lowest BCUT2D eigenvalue weighted by atomic mass is 9.93. The Kier molecular flexibility index (Phi) is 4.93. The first-order valence-corrected chi connectivity index (χ1v) is 7.96. The van der Waals surface area contributed by atoms with E-state index in [1.165, 1.54) is 16.7 Å². The fourth-order valence-corrected chi connectivity index (χ4v) is 2.54. The molecular formula is C19H26N2O2. The van der Waals surface area contributed by atoms with Gasteiger partial charge in [-0.15, -0.1) is 0 Å². The summed E-state index contributed by atoms with van der Waals surface area (Å²) in [7, 11) is 0. The maximum atomic E-state index is 12.0. The van der Waals surface area contributed by atoms with Gasteiger partial charge < -0.3 is 9.30 Å². The highest BCUT2D eigenvalue weighted by atomic mass is 16.5. The van der Waals surface area contributed by atoms with Gasteiger partial charge >= 0.3 is 5.97 Å². The van der Waals surface area contributed by atoms with Gasteiger partial charge in [0.15, 0.2) is 6.73 Å². The van der Waals surface area contributed by atoms with Crippen molar-refractivity contribution in [2.45, 2.75) is 54.2 Å². The second-order valence-electron chi connectivity index (χ2n) is 7.08. The van der Waals surface area contributed by atoms with E-state index in [9.17, 15) is 4.79 Å². The Hall–Kier alpha value is -2.10. The van der Waals surface area contributed by atoms with E-state index in [1.54, 1.807) is 6.20 Å². The van der Waals surface area contributed by atoms with Crippen molar-refractivity contribution in [2.24, 2.45) is 5.41 Å². The number of carbonyl (C=O) groups excluding carboxylic acids is 1. The zero-order valence-corrected chi connectivity index (χ0v) is 14.9. The molecule has 1 aromatic carbocycles. The van der Waals surface area contributed by atoms with E-state index in [0.717, 1.165) is 5.82 Å². The molecular weight excluding hydrogens is 288 g/mol. The Morgan fingerprint density at radius 1 is 1.30 bits per heavy atom. The maximum absolute atomic E-state index is 12.0. The molecule has 0 saturated carbocycles. The van der Waals surface area contributed by atoms with Crippen molar-refractivity contribution in [3.05, 3.63) is 53.1 Å². The van der Waals surface area contributed by atoms with Crippen LogP contribution in [0.3, 0.4) is 0 Å². The van der Waals surface area contributed by atoms with Crippen LogP contribution in [0.5, 0.6) is 0 Å². The fourth-order valence-electron chi connectivity index (χ4n) is 2.54. The summed E-state index contributed by atoms with van der Waals surface area (Å²) < 4.78 is 7.31. The lowest BCUT2D eigenvalue weighted by Gasteiger charge is -2.20. The molecule has 0 aliphatic carbocycles. The summed E-state index contributed by atoms with van der Waals surface area (Å²) in [5.74, 6) is 0.829. The second kappa shape index (κ2) is 6.57. The number of rotatable bonds is 4. The van der Waals surface area contributed by atoms with Crippen molar-refractivity contribution in [2.75, 3.05) is 0 Å². The monoisotopic (exact) mass is 314 g/mol. The van der Waals surface area contributed by atoms with E-state index < -0.39 is 5.41 Å². The summed E-state index contributed by atoms with van der Waals surface area (Å²) in [4.78, 5) is 16.4. The quantitative estimate of drug-likeness (QED) is 0.794. The molecule has 4 heteroatoms. The van der Waals surface area contributed by atoms with E-state index in [2.05, 4.69) is 44.0 Å². The van der Waals surface area contributed by atoms with Crippen LogP contribution in [-0.2, 0) is 16.3 Å². The first-order valence-electron chi connectivity index (χ1n) is 7.96. The highest BCUT2D eigenvalue weighted by molar-refractivity contribution is 5.75. The second-order valence-corrected chi connectivity index (χ2v) is 7.08. The molecule has 23 heavy (non-hydrogen) atoms. The van der Waals surface area contributed by atoms with Gasteiger partial charge in [0.25, 0.3) is 0 Å². The van der Waals surface area contributed by atoms with Crippen molar-refractivity contribution in [3.8, 4) is 0 Å². The molecule has 1 aromatic heterocycles. The zero-order chi connectivity index (χ0) is 17.2. The van der Waals surface area contributed by atoms with Crippen LogP contribution in [0.1, 0.15) is 56.1 Å². The fraction of sp³-hybridized carbons (Fsp3) is 0.474. The van der Waals surface area contributed by atoms with Crippen LogP contribution in [-0.4, -0.2) is 15.5 Å². The molecule has 0 unspecified atom stereocenters. The van der Waals surface area contributed by atoms with Crippen LogP contribution >= 0.6 is 0 Å². The third-order valence-corrected chi connectivity index (χ3v) is 4.20. The van der Waals surface area contributed by atoms with E-state index in [-0.39, 0.29) is 18.6 Å². The molecule has 0 saturated heterocycles. The third-order valence-electron chi connectivity index (χ3n) is 4.20. The molecule has 0 fully saturated rings. The number of carbonyl (C=O) groups is 1. The molecule has 0 aliphatic rings. The van der Waals surface area contributed by atoms with Gasteiger partial charge in [-0.25, -0.2) is 4.98 Å². The molecule has 1 atom stereocenters. The molecule has 2 aromatic rings. The normalized spacial score (nSPS) is 13.0. The Bertz CT molecular complexity index is 696. The number of nitrogens with zero attached hydrogens (tertiary/aromatic N) is 2. The van der Waals surface area contributed by atoms with E-state index in [1.807, 2.05) is 31.5 Å². The van der Waals surface area contributed by atoms with E-state index in [4.69, 9.17) is 4.74 Å². The van der Waals surface area contributed by atoms with Gasteiger partial charge in [0.2, 0.25) is 0 Å². The molecule has 0 radical (unpaired) electrons. The first kappa shape index (κ1) is 17.3. The summed E-state index contributed by atoms with van der Waals surface area (Å²) in [6, 6.07) is 6.32. The van der Waals surface area contributed by atoms with Crippen molar-refractivity contribution < 1.29 is 9.53 Å². The summed E-state index contributed by atoms with van der Waals surface area (Å²) in [5, 5.41) is 0. The van der Waals surface area contributed by atoms with E-state index in [0.29, 0.717) is 0 Å². The van der Waals surface area contributed by atoms with Gasteiger partial charge in [-0.3, -0.25) is 4.79 Å². The molecule has 2 rings (SSSR count). The van der Waals surface area contributed by atoms with E-state index >= 15 is 0 Å².